The highest BCUT2D eigenvalue weighted by molar-refractivity contribution is 5.87. The van der Waals surface area contributed by atoms with Gasteiger partial charge in [-0.05, 0) is 19.3 Å². The third-order valence-corrected chi connectivity index (χ3v) is 1.94. The Kier molecular flexibility index (Phi) is 6.03. The SMILES string of the molecule is CC(C)CC(N=C=O)C(=O)NC(C)C(=O)O. The summed E-state index contributed by atoms with van der Waals surface area (Å²) < 4.78 is 0. The molecule has 0 aromatic heterocycles. The average Bonchev–Trinajstić information content (AvgIpc) is 2.16. The molecule has 6 heteroatoms. The van der Waals surface area contributed by atoms with Crippen molar-refractivity contribution < 1.29 is 19.5 Å². The molecule has 90 valence electrons. The standard InChI is InChI=1S/C10H16N2O4/c1-6(2)4-8(11-5-13)9(14)12-7(3)10(15)16/h6-8H,4H2,1-3H3,(H,12,14)(H,15,16). The van der Waals surface area contributed by atoms with Crippen LogP contribution in [0.4, 0.5) is 0 Å². The smallest absolute Gasteiger partial charge is 0.325 e. The van der Waals surface area contributed by atoms with Crippen molar-refractivity contribution in [3.05, 3.63) is 0 Å². The Morgan fingerprint density at radius 2 is 1.94 bits per heavy atom. The van der Waals surface area contributed by atoms with E-state index in [-0.39, 0.29) is 5.92 Å². The average molecular weight is 228 g/mol. The fourth-order valence-corrected chi connectivity index (χ4v) is 1.10. The van der Waals surface area contributed by atoms with Gasteiger partial charge >= 0.3 is 5.97 Å². The van der Waals surface area contributed by atoms with E-state index < -0.39 is 24.0 Å². The fourth-order valence-electron chi connectivity index (χ4n) is 1.10. The van der Waals surface area contributed by atoms with E-state index in [1.165, 1.54) is 13.0 Å². The van der Waals surface area contributed by atoms with Crippen LogP contribution in [-0.4, -0.2) is 35.1 Å². The summed E-state index contributed by atoms with van der Waals surface area (Å²) in [4.78, 5) is 35.6. The van der Waals surface area contributed by atoms with Gasteiger partial charge in [0.05, 0.1) is 0 Å². The number of nitrogens with zero attached hydrogens (tertiary/aromatic N) is 1. The number of hydrogen-bond donors (Lipinski definition) is 2. The molecule has 0 radical (unpaired) electrons. The molecule has 0 rings (SSSR count). The van der Waals surface area contributed by atoms with Crippen molar-refractivity contribution in [2.75, 3.05) is 0 Å². The van der Waals surface area contributed by atoms with E-state index in [0.717, 1.165) is 0 Å². The van der Waals surface area contributed by atoms with Crippen LogP contribution in [0.25, 0.3) is 0 Å². The van der Waals surface area contributed by atoms with Crippen LogP contribution in [0, 0.1) is 5.92 Å². The highest BCUT2D eigenvalue weighted by atomic mass is 16.4. The zero-order valence-corrected chi connectivity index (χ0v) is 9.56. The number of isocyanates is 1. The van der Waals surface area contributed by atoms with Gasteiger partial charge in [-0.3, -0.25) is 9.59 Å². The van der Waals surface area contributed by atoms with Gasteiger partial charge in [0.15, 0.2) is 0 Å². The predicted octanol–water partition coefficient (Wildman–Crippen LogP) is 0.326. The lowest BCUT2D eigenvalue weighted by atomic mass is 10.0. The van der Waals surface area contributed by atoms with Crippen LogP contribution in [0.5, 0.6) is 0 Å². The molecule has 2 unspecified atom stereocenters. The van der Waals surface area contributed by atoms with Crippen molar-refractivity contribution in [2.45, 2.75) is 39.3 Å². The van der Waals surface area contributed by atoms with Crippen LogP contribution in [0.1, 0.15) is 27.2 Å². The summed E-state index contributed by atoms with van der Waals surface area (Å²) >= 11 is 0. The monoisotopic (exact) mass is 228 g/mol. The molecule has 0 aliphatic carbocycles. The van der Waals surface area contributed by atoms with E-state index in [9.17, 15) is 14.4 Å². The Bertz CT molecular complexity index is 308. The lowest BCUT2D eigenvalue weighted by molar-refractivity contribution is -0.141. The summed E-state index contributed by atoms with van der Waals surface area (Å²) in [5, 5.41) is 10.9. The second-order valence-corrected chi connectivity index (χ2v) is 3.93. The Hall–Kier alpha value is -1.68. The molecule has 0 aromatic rings. The van der Waals surface area contributed by atoms with E-state index >= 15 is 0 Å². The number of hydrogen-bond acceptors (Lipinski definition) is 4. The molecule has 0 aliphatic heterocycles. The summed E-state index contributed by atoms with van der Waals surface area (Å²) in [5.74, 6) is -1.52. The molecule has 0 spiro atoms. The highest BCUT2D eigenvalue weighted by Crippen LogP contribution is 2.08. The number of carboxylic acids is 1. The molecule has 1 amide bonds. The molecule has 0 heterocycles. The Labute approximate surface area is 93.7 Å². The van der Waals surface area contributed by atoms with Crippen LogP contribution >= 0.6 is 0 Å². The second-order valence-electron chi connectivity index (χ2n) is 3.93. The predicted molar refractivity (Wildman–Crippen MR) is 56.6 cm³/mol. The first-order valence-electron chi connectivity index (χ1n) is 4.98. The molecule has 0 saturated heterocycles. The first-order valence-corrected chi connectivity index (χ1v) is 4.98. The van der Waals surface area contributed by atoms with Crippen LogP contribution in [0.15, 0.2) is 4.99 Å². The van der Waals surface area contributed by atoms with Crippen molar-refractivity contribution in [1.82, 2.24) is 5.32 Å². The maximum atomic E-state index is 11.5. The van der Waals surface area contributed by atoms with Crippen LogP contribution < -0.4 is 5.32 Å². The lowest BCUT2D eigenvalue weighted by Gasteiger charge is -2.15. The van der Waals surface area contributed by atoms with E-state index in [4.69, 9.17) is 5.11 Å². The van der Waals surface area contributed by atoms with E-state index in [1.54, 1.807) is 0 Å². The number of carboxylic acid groups (broad SMARTS) is 1. The van der Waals surface area contributed by atoms with Crippen molar-refractivity contribution in [1.29, 1.82) is 0 Å². The van der Waals surface area contributed by atoms with E-state index in [0.29, 0.717) is 6.42 Å². The molecule has 0 bridgehead atoms. The maximum absolute atomic E-state index is 11.5. The lowest BCUT2D eigenvalue weighted by Crippen LogP contribution is -2.43. The van der Waals surface area contributed by atoms with Gasteiger partial charge in [0.1, 0.15) is 12.1 Å². The normalized spacial score (nSPS) is 13.8. The topological polar surface area (TPSA) is 95.8 Å². The molecule has 0 aromatic carbocycles. The van der Waals surface area contributed by atoms with Gasteiger partial charge in [-0.15, -0.1) is 0 Å². The summed E-state index contributed by atoms with van der Waals surface area (Å²) in [6, 6.07) is -1.86. The molecular formula is C10H16N2O4. The van der Waals surface area contributed by atoms with Crippen molar-refractivity contribution in [2.24, 2.45) is 10.9 Å². The summed E-state index contributed by atoms with van der Waals surface area (Å²) in [6.45, 7) is 5.10. The molecule has 2 atom stereocenters. The summed E-state index contributed by atoms with van der Waals surface area (Å²) in [6.07, 6.45) is 1.71. The largest absolute Gasteiger partial charge is 0.480 e. The number of carbonyl (C=O) groups excluding carboxylic acids is 2. The second kappa shape index (κ2) is 6.74. The summed E-state index contributed by atoms with van der Waals surface area (Å²) in [7, 11) is 0. The molecule has 6 nitrogen and oxygen atoms in total. The highest BCUT2D eigenvalue weighted by Gasteiger charge is 2.22. The van der Waals surface area contributed by atoms with Gasteiger partial charge < -0.3 is 10.4 Å². The zero-order chi connectivity index (χ0) is 12.7. The zero-order valence-electron chi connectivity index (χ0n) is 9.56. The van der Waals surface area contributed by atoms with Crippen molar-refractivity contribution in [3.63, 3.8) is 0 Å². The van der Waals surface area contributed by atoms with Crippen LogP contribution in [0.2, 0.25) is 0 Å². The maximum Gasteiger partial charge on any atom is 0.325 e. The van der Waals surface area contributed by atoms with Crippen molar-refractivity contribution >= 4 is 18.0 Å². The van der Waals surface area contributed by atoms with Crippen LogP contribution in [-0.2, 0) is 14.4 Å². The van der Waals surface area contributed by atoms with E-state index in [2.05, 4.69) is 10.3 Å². The van der Waals surface area contributed by atoms with Crippen LogP contribution in [0.3, 0.4) is 0 Å². The minimum atomic E-state index is -1.13. The molecule has 16 heavy (non-hydrogen) atoms. The number of nitrogens with one attached hydrogen (secondary N) is 1. The van der Waals surface area contributed by atoms with Gasteiger partial charge in [0, 0.05) is 0 Å². The van der Waals surface area contributed by atoms with Crippen molar-refractivity contribution in [3.8, 4) is 0 Å². The van der Waals surface area contributed by atoms with Gasteiger partial charge in [-0.1, -0.05) is 13.8 Å². The number of aliphatic imine (C=N–C) groups is 1. The number of carbonyl (C=O) groups is 2. The fraction of sp³-hybridized carbons (Fsp3) is 0.700. The van der Waals surface area contributed by atoms with Gasteiger partial charge in [0.2, 0.25) is 12.0 Å². The first kappa shape index (κ1) is 14.3. The molecule has 0 fully saturated rings. The molecule has 0 saturated carbocycles. The quantitative estimate of drug-likeness (QED) is 0.505. The van der Waals surface area contributed by atoms with E-state index in [1.807, 2.05) is 13.8 Å². The molecule has 0 aliphatic rings. The number of rotatable bonds is 6. The van der Waals surface area contributed by atoms with Gasteiger partial charge in [-0.25, -0.2) is 4.79 Å². The third-order valence-electron chi connectivity index (χ3n) is 1.94. The Morgan fingerprint density at radius 3 is 2.31 bits per heavy atom. The van der Waals surface area contributed by atoms with Gasteiger partial charge in [0.25, 0.3) is 0 Å². The third kappa shape index (κ3) is 5.26. The minimum absolute atomic E-state index is 0.174. The van der Waals surface area contributed by atoms with Gasteiger partial charge in [-0.2, -0.15) is 4.99 Å². The Balaban J connectivity index is 4.50. The first-order chi connectivity index (χ1) is 7.38. The molecular weight excluding hydrogens is 212 g/mol. The number of aliphatic carboxylic acids is 1. The Morgan fingerprint density at radius 1 is 1.38 bits per heavy atom. The summed E-state index contributed by atoms with van der Waals surface area (Å²) in [5.41, 5.74) is 0. The molecule has 2 N–H and O–H groups in total. The number of amides is 1. The minimum Gasteiger partial charge on any atom is -0.480 e.